The fourth-order valence-corrected chi connectivity index (χ4v) is 2.29. The van der Waals surface area contributed by atoms with Crippen LogP contribution >= 0.6 is 0 Å². The number of hydrogen-bond acceptors (Lipinski definition) is 1. The molecule has 1 aliphatic carbocycles. The van der Waals surface area contributed by atoms with Gasteiger partial charge in [0, 0.05) is 6.21 Å². The molecule has 0 radical (unpaired) electrons. The summed E-state index contributed by atoms with van der Waals surface area (Å²) in [6.07, 6.45) is 17.5. The van der Waals surface area contributed by atoms with Gasteiger partial charge < -0.3 is 0 Å². The first-order chi connectivity index (χ1) is 8.33. The zero-order chi connectivity index (χ0) is 12.1. The Balaban J connectivity index is 2.35. The standard InChI is InChI=1S/C16H21N/c1-3-4-10-15-13(2)11-12-17-16(15)14-8-6-5-7-9-14/h5-8,10,12-13H,3-4,9,11H2,1-2H3/b15-10+,16-14+. The van der Waals surface area contributed by atoms with Crippen LogP contribution in [0.5, 0.6) is 0 Å². The fourth-order valence-electron chi connectivity index (χ4n) is 2.29. The largest absolute Gasteiger partial charge is 0.261 e. The van der Waals surface area contributed by atoms with Gasteiger partial charge in [-0.3, -0.25) is 4.99 Å². The van der Waals surface area contributed by atoms with Gasteiger partial charge >= 0.3 is 0 Å². The van der Waals surface area contributed by atoms with Crippen LogP contribution in [0.1, 0.15) is 39.5 Å². The number of unbranched alkanes of at least 4 members (excludes halogenated alkanes) is 1. The van der Waals surface area contributed by atoms with Crippen LogP contribution in [0, 0.1) is 5.92 Å². The SMILES string of the molecule is CCC/C=C1/C(=C2/C=CC=CC2)N=CCC1C. The maximum Gasteiger partial charge on any atom is 0.0692 e. The van der Waals surface area contributed by atoms with Gasteiger partial charge in [-0.15, -0.1) is 0 Å². The normalized spacial score (nSPS) is 30.2. The van der Waals surface area contributed by atoms with Crippen molar-refractivity contribution in [1.82, 2.24) is 0 Å². The van der Waals surface area contributed by atoms with Crippen molar-refractivity contribution in [2.24, 2.45) is 10.9 Å². The quantitative estimate of drug-likeness (QED) is 0.654. The average molecular weight is 227 g/mol. The molecule has 0 amide bonds. The van der Waals surface area contributed by atoms with E-state index >= 15 is 0 Å². The summed E-state index contributed by atoms with van der Waals surface area (Å²) >= 11 is 0. The summed E-state index contributed by atoms with van der Waals surface area (Å²) in [4.78, 5) is 4.64. The van der Waals surface area contributed by atoms with Crippen LogP contribution in [-0.4, -0.2) is 6.21 Å². The average Bonchev–Trinajstić information content (AvgIpc) is 2.38. The van der Waals surface area contributed by atoms with Crippen LogP contribution < -0.4 is 0 Å². The summed E-state index contributed by atoms with van der Waals surface area (Å²) in [6, 6.07) is 0. The van der Waals surface area contributed by atoms with E-state index in [1.807, 2.05) is 0 Å². The zero-order valence-electron chi connectivity index (χ0n) is 10.8. The van der Waals surface area contributed by atoms with Gasteiger partial charge in [0.2, 0.25) is 0 Å². The van der Waals surface area contributed by atoms with E-state index in [2.05, 4.69) is 55.4 Å². The molecule has 0 saturated heterocycles. The number of nitrogens with zero attached hydrogens (tertiary/aromatic N) is 1. The predicted molar refractivity (Wildman–Crippen MR) is 75.2 cm³/mol. The molecule has 0 bridgehead atoms. The Morgan fingerprint density at radius 2 is 2.29 bits per heavy atom. The van der Waals surface area contributed by atoms with Crippen molar-refractivity contribution in [2.75, 3.05) is 0 Å². The molecule has 1 unspecified atom stereocenters. The molecule has 90 valence electrons. The van der Waals surface area contributed by atoms with E-state index in [4.69, 9.17) is 0 Å². The second kappa shape index (κ2) is 5.81. The van der Waals surface area contributed by atoms with Crippen LogP contribution in [-0.2, 0) is 0 Å². The topological polar surface area (TPSA) is 12.4 Å². The molecule has 1 heterocycles. The van der Waals surface area contributed by atoms with Crippen LogP contribution in [0.2, 0.25) is 0 Å². The molecule has 1 atom stereocenters. The number of rotatable bonds is 2. The molecular weight excluding hydrogens is 206 g/mol. The Morgan fingerprint density at radius 3 is 3.00 bits per heavy atom. The minimum absolute atomic E-state index is 0.612. The summed E-state index contributed by atoms with van der Waals surface area (Å²) in [5.41, 5.74) is 4.03. The minimum Gasteiger partial charge on any atom is -0.261 e. The van der Waals surface area contributed by atoms with Gasteiger partial charge in [0.05, 0.1) is 5.70 Å². The number of aliphatic imine (C=N–C) groups is 1. The first-order valence-corrected chi connectivity index (χ1v) is 6.62. The lowest BCUT2D eigenvalue weighted by Crippen LogP contribution is -2.10. The van der Waals surface area contributed by atoms with Gasteiger partial charge in [-0.05, 0) is 36.3 Å². The summed E-state index contributed by atoms with van der Waals surface area (Å²) in [5.74, 6) is 0.612. The third kappa shape index (κ3) is 2.85. The molecule has 0 spiro atoms. The van der Waals surface area contributed by atoms with Crippen molar-refractivity contribution < 1.29 is 0 Å². The fraction of sp³-hybridized carbons (Fsp3) is 0.438. The molecular formula is C16H21N. The summed E-state index contributed by atoms with van der Waals surface area (Å²) in [5, 5.41) is 0. The maximum absolute atomic E-state index is 4.64. The monoisotopic (exact) mass is 227 g/mol. The molecule has 1 nitrogen and oxygen atoms in total. The van der Waals surface area contributed by atoms with E-state index in [9.17, 15) is 0 Å². The van der Waals surface area contributed by atoms with Gasteiger partial charge in [-0.25, -0.2) is 0 Å². The molecule has 0 aromatic carbocycles. The molecule has 2 rings (SSSR count). The van der Waals surface area contributed by atoms with E-state index in [1.165, 1.54) is 23.3 Å². The summed E-state index contributed by atoms with van der Waals surface area (Å²) < 4.78 is 0. The molecule has 1 heteroatoms. The molecule has 2 aliphatic rings. The van der Waals surface area contributed by atoms with Crippen molar-refractivity contribution in [3.63, 3.8) is 0 Å². The second-order valence-corrected chi connectivity index (χ2v) is 4.76. The highest BCUT2D eigenvalue weighted by atomic mass is 14.8. The highest BCUT2D eigenvalue weighted by Gasteiger charge is 2.18. The van der Waals surface area contributed by atoms with E-state index < -0.39 is 0 Å². The predicted octanol–water partition coefficient (Wildman–Crippen LogP) is 4.59. The minimum atomic E-state index is 0.612. The lowest BCUT2D eigenvalue weighted by Gasteiger charge is -2.22. The lowest BCUT2D eigenvalue weighted by atomic mass is 9.88. The van der Waals surface area contributed by atoms with E-state index in [0.717, 1.165) is 19.3 Å². The van der Waals surface area contributed by atoms with Crippen LogP contribution in [0.3, 0.4) is 0 Å². The van der Waals surface area contributed by atoms with Crippen molar-refractivity contribution in [3.05, 3.63) is 47.2 Å². The zero-order valence-corrected chi connectivity index (χ0v) is 10.8. The maximum atomic E-state index is 4.64. The van der Waals surface area contributed by atoms with E-state index in [-0.39, 0.29) is 0 Å². The Bertz CT molecular complexity index is 419. The van der Waals surface area contributed by atoms with Gasteiger partial charge in [0.1, 0.15) is 0 Å². The van der Waals surface area contributed by atoms with Gasteiger partial charge in [-0.2, -0.15) is 0 Å². The summed E-state index contributed by atoms with van der Waals surface area (Å²) in [7, 11) is 0. The van der Waals surface area contributed by atoms with Crippen molar-refractivity contribution in [1.29, 1.82) is 0 Å². The smallest absolute Gasteiger partial charge is 0.0692 e. The Kier molecular flexibility index (Phi) is 4.13. The molecule has 0 N–H and O–H groups in total. The third-order valence-corrected chi connectivity index (χ3v) is 3.32. The van der Waals surface area contributed by atoms with Gasteiger partial charge in [0.15, 0.2) is 0 Å². The molecule has 0 fully saturated rings. The van der Waals surface area contributed by atoms with Crippen molar-refractivity contribution in [3.8, 4) is 0 Å². The molecule has 0 aromatic heterocycles. The van der Waals surface area contributed by atoms with Crippen LogP contribution in [0.25, 0.3) is 0 Å². The van der Waals surface area contributed by atoms with E-state index in [1.54, 1.807) is 0 Å². The van der Waals surface area contributed by atoms with Crippen LogP contribution in [0.15, 0.2) is 52.2 Å². The molecule has 17 heavy (non-hydrogen) atoms. The highest BCUT2D eigenvalue weighted by Crippen LogP contribution is 2.32. The molecule has 0 saturated carbocycles. The van der Waals surface area contributed by atoms with Gasteiger partial charge in [-0.1, -0.05) is 50.6 Å². The first-order valence-electron chi connectivity index (χ1n) is 6.62. The second-order valence-electron chi connectivity index (χ2n) is 4.76. The Hall–Kier alpha value is -1.37. The number of hydrogen-bond donors (Lipinski definition) is 0. The molecule has 1 aliphatic heterocycles. The summed E-state index contributed by atoms with van der Waals surface area (Å²) in [6.45, 7) is 4.53. The van der Waals surface area contributed by atoms with Crippen molar-refractivity contribution >= 4 is 6.21 Å². The molecule has 0 aromatic rings. The Morgan fingerprint density at radius 1 is 1.41 bits per heavy atom. The highest BCUT2D eigenvalue weighted by molar-refractivity contribution is 5.66. The van der Waals surface area contributed by atoms with Gasteiger partial charge in [0.25, 0.3) is 0 Å². The lowest BCUT2D eigenvalue weighted by molar-refractivity contribution is 0.701. The van der Waals surface area contributed by atoms with Crippen LogP contribution in [0.4, 0.5) is 0 Å². The van der Waals surface area contributed by atoms with E-state index in [0.29, 0.717) is 5.92 Å². The number of allylic oxidation sites excluding steroid dienone is 7. The first kappa shape index (κ1) is 12.1. The third-order valence-electron chi connectivity index (χ3n) is 3.32. The van der Waals surface area contributed by atoms with Crippen molar-refractivity contribution in [2.45, 2.75) is 39.5 Å². The Labute approximate surface area is 104 Å².